The third-order valence-corrected chi connectivity index (χ3v) is 4.80. The van der Waals surface area contributed by atoms with E-state index < -0.39 is 17.9 Å². The Morgan fingerprint density at radius 3 is 2.65 bits per heavy atom. The minimum atomic E-state index is -4.64. The highest BCUT2D eigenvalue weighted by atomic mass is 19.4. The van der Waals surface area contributed by atoms with Crippen LogP contribution in [-0.4, -0.2) is 26.8 Å². The number of phenols is 1. The lowest BCUT2D eigenvalue weighted by atomic mass is 10.0. The number of imidazole rings is 1. The SMILES string of the molecule is O=C(CCn1c(C(F)(F)F)nc2ccccc21)N/N=C/c1c(O)ccc2ccccc12. The first kappa shape index (κ1) is 20.4. The molecule has 0 fully saturated rings. The van der Waals surface area contributed by atoms with Gasteiger partial charge in [0.25, 0.3) is 0 Å². The average molecular weight is 426 g/mol. The Bertz CT molecular complexity index is 1300. The number of amides is 1. The number of fused-ring (bicyclic) bond motifs is 2. The Hall–Kier alpha value is -3.88. The number of hydrogen-bond acceptors (Lipinski definition) is 4. The second-order valence-electron chi connectivity index (χ2n) is 6.84. The average Bonchev–Trinajstić information content (AvgIpc) is 3.13. The fourth-order valence-corrected chi connectivity index (χ4v) is 3.38. The molecule has 6 nitrogen and oxygen atoms in total. The van der Waals surface area contributed by atoms with Gasteiger partial charge in [0.15, 0.2) is 0 Å². The van der Waals surface area contributed by atoms with E-state index in [0.29, 0.717) is 11.1 Å². The van der Waals surface area contributed by atoms with Gasteiger partial charge in [-0.05, 0) is 29.0 Å². The summed E-state index contributed by atoms with van der Waals surface area (Å²) >= 11 is 0. The number of phenolic OH excluding ortho intramolecular Hbond substituents is 1. The van der Waals surface area contributed by atoms with E-state index in [4.69, 9.17) is 0 Å². The van der Waals surface area contributed by atoms with Gasteiger partial charge in [-0.1, -0.05) is 42.5 Å². The van der Waals surface area contributed by atoms with Gasteiger partial charge >= 0.3 is 6.18 Å². The summed E-state index contributed by atoms with van der Waals surface area (Å²) in [5.41, 5.74) is 3.23. The number of aromatic hydroxyl groups is 1. The number of alkyl halides is 3. The highest BCUT2D eigenvalue weighted by Gasteiger charge is 2.37. The van der Waals surface area contributed by atoms with Gasteiger partial charge in [0.05, 0.1) is 17.2 Å². The maximum atomic E-state index is 13.3. The molecular weight excluding hydrogens is 409 g/mol. The second-order valence-corrected chi connectivity index (χ2v) is 6.84. The summed E-state index contributed by atoms with van der Waals surface area (Å²) in [5.74, 6) is -1.62. The van der Waals surface area contributed by atoms with Gasteiger partial charge in [0.1, 0.15) is 5.75 Å². The number of aryl methyl sites for hydroxylation is 1. The zero-order valence-corrected chi connectivity index (χ0v) is 16.1. The number of halogens is 3. The van der Waals surface area contributed by atoms with Crippen LogP contribution in [-0.2, 0) is 17.5 Å². The van der Waals surface area contributed by atoms with Crippen molar-refractivity contribution >= 4 is 33.9 Å². The van der Waals surface area contributed by atoms with Gasteiger partial charge in [-0.25, -0.2) is 10.4 Å². The van der Waals surface area contributed by atoms with Crippen LogP contribution in [0.2, 0.25) is 0 Å². The van der Waals surface area contributed by atoms with Crippen LogP contribution in [0.25, 0.3) is 21.8 Å². The quantitative estimate of drug-likeness (QED) is 0.365. The van der Waals surface area contributed by atoms with Crippen LogP contribution in [0.4, 0.5) is 13.2 Å². The van der Waals surface area contributed by atoms with Gasteiger partial charge in [-0.15, -0.1) is 0 Å². The lowest BCUT2D eigenvalue weighted by Gasteiger charge is -2.10. The number of benzene rings is 3. The maximum absolute atomic E-state index is 13.3. The molecule has 0 saturated heterocycles. The summed E-state index contributed by atoms with van der Waals surface area (Å²) in [6.45, 7) is -0.212. The van der Waals surface area contributed by atoms with Crippen LogP contribution in [0.1, 0.15) is 17.8 Å². The summed E-state index contributed by atoms with van der Waals surface area (Å²) in [7, 11) is 0. The predicted octanol–water partition coefficient (Wildman–Crippen LogP) is 4.45. The van der Waals surface area contributed by atoms with E-state index in [0.717, 1.165) is 15.3 Å². The van der Waals surface area contributed by atoms with Gasteiger partial charge < -0.3 is 9.67 Å². The molecule has 0 aliphatic heterocycles. The van der Waals surface area contributed by atoms with Gasteiger partial charge in [0, 0.05) is 18.5 Å². The number of rotatable bonds is 5. The van der Waals surface area contributed by atoms with Crippen molar-refractivity contribution in [3.8, 4) is 5.75 Å². The molecule has 31 heavy (non-hydrogen) atoms. The lowest BCUT2D eigenvalue weighted by Crippen LogP contribution is -2.21. The van der Waals surface area contributed by atoms with Crippen LogP contribution < -0.4 is 5.43 Å². The highest BCUT2D eigenvalue weighted by Crippen LogP contribution is 2.31. The summed E-state index contributed by atoms with van der Waals surface area (Å²) in [6.07, 6.45) is -3.56. The van der Waals surface area contributed by atoms with Gasteiger partial charge in [-0.3, -0.25) is 4.79 Å². The van der Waals surface area contributed by atoms with E-state index in [1.54, 1.807) is 24.3 Å². The molecule has 0 unspecified atom stereocenters. The van der Waals surface area contributed by atoms with E-state index in [2.05, 4.69) is 15.5 Å². The first-order valence-corrected chi connectivity index (χ1v) is 9.39. The molecule has 1 amide bonds. The number of aromatic nitrogens is 2. The van der Waals surface area contributed by atoms with E-state index in [-0.39, 0.29) is 24.2 Å². The number of nitrogens with zero attached hydrogens (tertiary/aromatic N) is 3. The van der Waals surface area contributed by atoms with E-state index in [9.17, 15) is 23.1 Å². The van der Waals surface area contributed by atoms with Crippen LogP contribution >= 0.6 is 0 Å². The normalized spacial score (nSPS) is 12.1. The monoisotopic (exact) mass is 426 g/mol. The number of carbonyl (C=O) groups is 1. The fourth-order valence-electron chi connectivity index (χ4n) is 3.38. The molecule has 9 heteroatoms. The van der Waals surface area contributed by atoms with Crippen molar-refractivity contribution in [2.75, 3.05) is 0 Å². The van der Waals surface area contributed by atoms with E-state index in [1.165, 1.54) is 24.4 Å². The summed E-state index contributed by atoms with van der Waals surface area (Å²) in [5, 5.41) is 15.6. The molecule has 0 atom stereocenters. The van der Waals surface area contributed by atoms with E-state index >= 15 is 0 Å². The van der Waals surface area contributed by atoms with Crippen LogP contribution in [0.3, 0.4) is 0 Å². The lowest BCUT2D eigenvalue weighted by molar-refractivity contribution is -0.147. The van der Waals surface area contributed by atoms with Gasteiger partial charge in [-0.2, -0.15) is 18.3 Å². The molecule has 3 aromatic carbocycles. The standard InChI is InChI=1S/C22H17F3N4O2/c23-22(24,25)21-27-17-7-3-4-8-18(17)29(21)12-11-20(31)28-26-13-16-15-6-2-1-5-14(15)9-10-19(16)30/h1-10,13,30H,11-12H2,(H,28,31)/b26-13+. The minimum absolute atomic E-state index is 0.00333. The second kappa shape index (κ2) is 8.10. The molecule has 0 aliphatic carbocycles. The Morgan fingerprint density at radius 2 is 1.84 bits per heavy atom. The molecule has 0 radical (unpaired) electrons. The molecule has 1 heterocycles. The molecule has 0 bridgehead atoms. The number of para-hydroxylation sites is 2. The molecule has 4 aromatic rings. The Balaban J connectivity index is 1.48. The third kappa shape index (κ3) is 4.20. The minimum Gasteiger partial charge on any atom is -0.507 e. The number of carbonyl (C=O) groups excluding carboxylic acids is 1. The van der Waals surface area contributed by atoms with Crippen LogP contribution in [0.15, 0.2) is 65.8 Å². The van der Waals surface area contributed by atoms with Crippen molar-refractivity contribution in [2.24, 2.45) is 5.10 Å². The molecule has 4 rings (SSSR count). The topological polar surface area (TPSA) is 79.5 Å². The molecule has 0 aliphatic rings. The Labute approximate surface area is 174 Å². The van der Waals surface area contributed by atoms with Crippen molar-refractivity contribution in [3.63, 3.8) is 0 Å². The number of nitrogens with one attached hydrogen (secondary N) is 1. The number of hydrogen-bond donors (Lipinski definition) is 2. The van der Waals surface area contributed by atoms with Crippen LogP contribution in [0.5, 0.6) is 5.75 Å². The molecule has 1 aromatic heterocycles. The smallest absolute Gasteiger partial charge is 0.449 e. The van der Waals surface area contributed by atoms with Crippen molar-refractivity contribution in [3.05, 3.63) is 72.1 Å². The third-order valence-electron chi connectivity index (χ3n) is 4.80. The summed E-state index contributed by atoms with van der Waals surface area (Å²) in [6, 6.07) is 16.9. The zero-order valence-electron chi connectivity index (χ0n) is 16.1. The van der Waals surface area contributed by atoms with Crippen molar-refractivity contribution < 1.29 is 23.1 Å². The molecule has 158 valence electrons. The molecular formula is C22H17F3N4O2. The first-order chi connectivity index (χ1) is 14.8. The van der Waals surface area contributed by atoms with Gasteiger partial charge in [0.2, 0.25) is 11.7 Å². The van der Waals surface area contributed by atoms with Crippen molar-refractivity contribution in [1.82, 2.24) is 15.0 Å². The molecule has 0 spiro atoms. The molecule has 2 N–H and O–H groups in total. The Morgan fingerprint density at radius 1 is 1.10 bits per heavy atom. The zero-order chi connectivity index (χ0) is 22.0. The van der Waals surface area contributed by atoms with Crippen LogP contribution in [0, 0.1) is 0 Å². The Kier molecular flexibility index (Phi) is 5.33. The van der Waals surface area contributed by atoms with Crippen molar-refractivity contribution in [2.45, 2.75) is 19.1 Å². The highest BCUT2D eigenvalue weighted by molar-refractivity contribution is 6.02. The summed E-state index contributed by atoms with van der Waals surface area (Å²) < 4.78 is 41.0. The summed E-state index contributed by atoms with van der Waals surface area (Å²) in [4.78, 5) is 15.8. The number of hydrazone groups is 1. The molecule has 0 saturated carbocycles. The largest absolute Gasteiger partial charge is 0.507 e. The maximum Gasteiger partial charge on any atom is 0.449 e. The van der Waals surface area contributed by atoms with Crippen molar-refractivity contribution in [1.29, 1.82) is 0 Å². The van der Waals surface area contributed by atoms with E-state index in [1.807, 2.05) is 18.2 Å². The first-order valence-electron chi connectivity index (χ1n) is 9.39. The predicted molar refractivity (Wildman–Crippen MR) is 111 cm³/mol. The fraction of sp³-hybridized carbons (Fsp3) is 0.136.